The van der Waals surface area contributed by atoms with Gasteiger partial charge in [0.2, 0.25) is 0 Å². The van der Waals surface area contributed by atoms with Crippen molar-refractivity contribution in [3.63, 3.8) is 0 Å². The minimum Gasteiger partial charge on any atom is -0.298 e. The molecule has 0 rings (SSSR count). The molecule has 0 fully saturated rings. The van der Waals surface area contributed by atoms with Crippen molar-refractivity contribution in [3.05, 3.63) is 0 Å². The second-order valence-corrected chi connectivity index (χ2v) is 4.97. The number of hydrogen-bond donors (Lipinski definition) is 0. The second-order valence-electron chi connectivity index (χ2n) is 3.60. The predicted octanol–water partition coefficient (Wildman–Crippen LogP) is 4.09. The molecule has 0 radical (unpaired) electrons. The van der Waals surface area contributed by atoms with Crippen LogP contribution in [0.4, 0.5) is 0 Å². The number of rotatable bonds is 8. The van der Waals surface area contributed by atoms with Gasteiger partial charge in [-0.15, -0.1) is 0 Å². The molecule has 0 aliphatic heterocycles. The van der Waals surface area contributed by atoms with Crippen LogP contribution < -0.4 is 0 Å². The molecule has 0 heterocycles. The van der Waals surface area contributed by atoms with Crippen LogP contribution in [0.25, 0.3) is 0 Å². The summed E-state index contributed by atoms with van der Waals surface area (Å²) in [4.78, 5) is 11.2. The van der Waals surface area contributed by atoms with Crippen molar-refractivity contribution >= 4 is 21.7 Å². The van der Waals surface area contributed by atoms with E-state index in [1.54, 1.807) is 0 Å². The van der Waals surface area contributed by atoms with E-state index in [-0.39, 0.29) is 4.83 Å². The highest BCUT2D eigenvalue weighted by molar-refractivity contribution is 9.10. The Balaban J connectivity index is 3.12. The zero-order valence-electron chi connectivity index (χ0n) is 8.81. The van der Waals surface area contributed by atoms with Gasteiger partial charge in [-0.05, 0) is 13.3 Å². The smallest absolute Gasteiger partial charge is 0.146 e. The molecule has 1 atom stereocenters. The normalized spacial score (nSPS) is 12.8. The summed E-state index contributed by atoms with van der Waals surface area (Å²) in [6.45, 7) is 4.12. The van der Waals surface area contributed by atoms with E-state index in [2.05, 4.69) is 22.9 Å². The molecule has 0 aliphatic rings. The van der Waals surface area contributed by atoms with E-state index in [1.807, 2.05) is 6.92 Å². The standard InChI is InChI=1S/C11H21BrO/c1-3-4-5-6-7-8-9-11(13)10(2)12/h10H,3-9H2,1-2H3. The lowest BCUT2D eigenvalue weighted by Gasteiger charge is -2.02. The van der Waals surface area contributed by atoms with Crippen LogP contribution in [0.15, 0.2) is 0 Å². The molecule has 0 N–H and O–H groups in total. The molecule has 78 valence electrons. The third-order valence-electron chi connectivity index (χ3n) is 2.22. The second kappa shape index (κ2) is 8.74. The molecule has 0 amide bonds. The molecule has 0 aliphatic carbocycles. The van der Waals surface area contributed by atoms with E-state index < -0.39 is 0 Å². The van der Waals surface area contributed by atoms with Gasteiger partial charge >= 0.3 is 0 Å². The summed E-state index contributed by atoms with van der Waals surface area (Å²) < 4.78 is 0. The van der Waals surface area contributed by atoms with Crippen LogP contribution in [-0.4, -0.2) is 10.6 Å². The molecule has 0 bridgehead atoms. The maximum absolute atomic E-state index is 11.2. The van der Waals surface area contributed by atoms with E-state index in [9.17, 15) is 4.79 Å². The van der Waals surface area contributed by atoms with Crippen molar-refractivity contribution in [3.8, 4) is 0 Å². The molecular weight excluding hydrogens is 228 g/mol. The molecule has 2 heteroatoms. The van der Waals surface area contributed by atoms with Gasteiger partial charge in [0.05, 0.1) is 4.83 Å². The molecule has 1 nitrogen and oxygen atoms in total. The number of halogens is 1. The molecule has 0 aromatic carbocycles. The lowest BCUT2D eigenvalue weighted by Crippen LogP contribution is -2.08. The van der Waals surface area contributed by atoms with Crippen molar-refractivity contribution in [2.24, 2.45) is 0 Å². The fourth-order valence-corrected chi connectivity index (χ4v) is 1.51. The zero-order chi connectivity index (χ0) is 10.1. The third-order valence-corrected chi connectivity index (χ3v) is 2.73. The summed E-state index contributed by atoms with van der Waals surface area (Å²) in [7, 11) is 0. The summed E-state index contributed by atoms with van der Waals surface area (Å²) in [6, 6.07) is 0. The quantitative estimate of drug-likeness (QED) is 0.467. The molecule has 0 aromatic rings. The van der Waals surface area contributed by atoms with Crippen molar-refractivity contribution in [2.45, 2.75) is 63.6 Å². The number of hydrogen-bond acceptors (Lipinski definition) is 1. The van der Waals surface area contributed by atoms with E-state index >= 15 is 0 Å². The van der Waals surface area contributed by atoms with Crippen LogP contribution in [0, 0.1) is 0 Å². The number of ketones is 1. The molecule has 1 unspecified atom stereocenters. The first-order valence-corrected chi connectivity index (χ1v) is 6.26. The Hall–Kier alpha value is 0.150. The van der Waals surface area contributed by atoms with E-state index in [0.29, 0.717) is 5.78 Å². The minimum absolute atomic E-state index is 0.0446. The molecular formula is C11H21BrO. The topological polar surface area (TPSA) is 17.1 Å². The SMILES string of the molecule is CCCCCCCCC(=O)C(C)Br. The Morgan fingerprint density at radius 3 is 2.23 bits per heavy atom. The van der Waals surface area contributed by atoms with E-state index in [1.165, 1.54) is 32.1 Å². The Morgan fingerprint density at radius 2 is 1.69 bits per heavy atom. The van der Waals surface area contributed by atoms with Crippen LogP contribution >= 0.6 is 15.9 Å². The van der Waals surface area contributed by atoms with Gasteiger partial charge in [0.25, 0.3) is 0 Å². The molecule has 0 saturated carbocycles. The maximum Gasteiger partial charge on any atom is 0.146 e. The Labute approximate surface area is 90.4 Å². The van der Waals surface area contributed by atoms with Gasteiger partial charge in [-0.25, -0.2) is 0 Å². The highest BCUT2D eigenvalue weighted by Gasteiger charge is 2.07. The van der Waals surface area contributed by atoms with Crippen LogP contribution in [0.2, 0.25) is 0 Å². The van der Waals surface area contributed by atoms with Gasteiger partial charge in [-0.1, -0.05) is 55.0 Å². The first kappa shape index (κ1) is 13.2. The van der Waals surface area contributed by atoms with Gasteiger partial charge in [0, 0.05) is 6.42 Å². The summed E-state index contributed by atoms with van der Waals surface area (Å²) >= 11 is 3.28. The highest BCUT2D eigenvalue weighted by atomic mass is 79.9. The minimum atomic E-state index is 0.0446. The van der Waals surface area contributed by atoms with Crippen molar-refractivity contribution in [2.75, 3.05) is 0 Å². The molecule has 0 spiro atoms. The predicted molar refractivity (Wildman–Crippen MR) is 61.4 cm³/mol. The summed E-state index contributed by atoms with van der Waals surface area (Å²) in [5.41, 5.74) is 0. The Morgan fingerprint density at radius 1 is 1.15 bits per heavy atom. The van der Waals surface area contributed by atoms with Crippen molar-refractivity contribution < 1.29 is 4.79 Å². The number of Topliss-reactive ketones (excluding diaryl/α,β-unsaturated/α-hetero) is 1. The Kier molecular flexibility index (Phi) is 8.84. The van der Waals surface area contributed by atoms with Gasteiger partial charge in [-0.2, -0.15) is 0 Å². The number of carbonyl (C=O) groups excluding carboxylic acids is 1. The lowest BCUT2D eigenvalue weighted by atomic mass is 10.1. The first-order chi connectivity index (χ1) is 6.18. The van der Waals surface area contributed by atoms with Gasteiger partial charge in [0.15, 0.2) is 0 Å². The third kappa shape index (κ3) is 8.48. The summed E-state index contributed by atoms with van der Waals surface area (Å²) in [6.07, 6.45) is 8.27. The largest absolute Gasteiger partial charge is 0.298 e. The molecule has 0 saturated heterocycles. The monoisotopic (exact) mass is 248 g/mol. The van der Waals surface area contributed by atoms with Crippen molar-refractivity contribution in [1.82, 2.24) is 0 Å². The Bertz CT molecular complexity index is 132. The van der Waals surface area contributed by atoms with Gasteiger partial charge in [0.1, 0.15) is 5.78 Å². The van der Waals surface area contributed by atoms with Crippen LogP contribution in [-0.2, 0) is 4.79 Å². The highest BCUT2D eigenvalue weighted by Crippen LogP contribution is 2.10. The van der Waals surface area contributed by atoms with Crippen LogP contribution in [0.1, 0.15) is 58.8 Å². The lowest BCUT2D eigenvalue weighted by molar-refractivity contribution is -0.118. The maximum atomic E-state index is 11.2. The fraction of sp³-hybridized carbons (Fsp3) is 0.909. The number of unbranched alkanes of at least 4 members (excludes halogenated alkanes) is 5. The molecule has 0 aromatic heterocycles. The van der Waals surface area contributed by atoms with Crippen LogP contribution in [0.5, 0.6) is 0 Å². The zero-order valence-corrected chi connectivity index (χ0v) is 10.4. The first-order valence-electron chi connectivity index (χ1n) is 5.35. The number of alkyl halides is 1. The van der Waals surface area contributed by atoms with Gasteiger partial charge in [-0.3, -0.25) is 4.79 Å². The summed E-state index contributed by atoms with van der Waals surface area (Å²) in [5, 5.41) is 0. The van der Waals surface area contributed by atoms with E-state index in [0.717, 1.165) is 12.8 Å². The average Bonchev–Trinajstić information content (AvgIpc) is 2.10. The van der Waals surface area contributed by atoms with Crippen molar-refractivity contribution in [1.29, 1.82) is 0 Å². The fourth-order valence-electron chi connectivity index (χ4n) is 1.28. The van der Waals surface area contributed by atoms with Gasteiger partial charge < -0.3 is 0 Å². The van der Waals surface area contributed by atoms with E-state index in [4.69, 9.17) is 0 Å². The molecule has 13 heavy (non-hydrogen) atoms. The van der Waals surface area contributed by atoms with Crippen LogP contribution in [0.3, 0.4) is 0 Å². The number of carbonyl (C=O) groups is 1. The summed E-state index contributed by atoms with van der Waals surface area (Å²) in [5.74, 6) is 0.343. The average molecular weight is 249 g/mol.